The monoisotopic (exact) mass is 358 g/mol. The Labute approximate surface area is 151 Å². The molecule has 0 bridgehead atoms. The molecular formula is C19H22N2O5. The number of carboxylic acids is 1. The fourth-order valence-electron chi connectivity index (χ4n) is 2.67. The molecule has 7 nitrogen and oxygen atoms in total. The van der Waals surface area contributed by atoms with Crippen molar-refractivity contribution in [2.75, 3.05) is 7.05 Å². The van der Waals surface area contributed by atoms with E-state index < -0.39 is 12.0 Å². The van der Waals surface area contributed by atoms with Crippen molar-refractivity contribution >= 4 is 17.8 Å². The first-order chi connectivity index (χ1) is 12.3. The largest absolute Gasteiger partial charge is 0.478 e. The molecule has 2 N–H and O–H groups in total. The van der Waals surface area contributed by atoms with Gasteiger partial charge in [0.2, 0.25) is 11.8 Å². The normalized spacial score (nSPS) is 11.7. The maximum atomic E-state index is 12.6. The number of hydrogen-bond acceptors (Lipinski definition) is 4. The van der Waals surface area contributed by atoms with Gasteiger partial charge >= 0.3 is 5.97 Å². The summed E-state index contributed by atoms with van der Waals surface area (Å²) in [6, 6.07) is 10.2. The average Bonchev–Trinajstić information content (AvgIpc) is 2.95. The Morgan fingerprint density at radius 3 is 2.42 bits per heavy atom. The van der Waals surface area contributed by atoms with Gasteiger partial charge in [0.25, 0.3) is 0 Å². The van der Waals surface area contributed by atoms with E-state index in [1.54, 1.807) is 14.0 Å². The van der Waals surface area contributed by atoms with E-state index in [9.17, 15) is 14.4 Å². The number of carbonyl (C=O) groups is 3. The second kappa shape index (κ2) is 8.33. The molecule has 0 saturated heterocycles. The standard InChI is InChI=1S/C19H22N2O5/c1-12-16(19(24)25)9-15(26-12)11-21(3)18(23)10-17(20-13(2)22)14-7-5-4-6-8-14/h4-9,17H,10-11H2,1-3H3,(H,20,22)(H,24,25). The molecule has 0 radical (unpaired) electrons. The lowest BCUT2D eigenvalue weighted by Crippen LogP contribution is -2.33. The quantitative estimate of drug-likeness (QED) is 0.792. The highest BCUT2D eigenvalue weighted by molar-refractivity contribution is 5.88. The van der Waals surface area contributed by atoms with Crippen LogP contribution in [0.1, 0.15) is 46.8 Å². The third kappa shape index (κ3) is 4.95. The molecule has 2 rings (SSSR count). The van der Waals surface area contributed by atoms with Crippen LogP contribution in [0.15, 0.2) is 40.8 Å². The first-order valence-electron chi connectivity index (χ1n) is 8.16. The number of hydrogen-bond donors (Lipinski definition) is 2. The minimum atomic E-state index is -1.07. The number of nitrogens with zero attached hydrogens (tertiary/aromatic N) is 1. The maximum Gasteiger partial charge on any atom is 0.339 e. The summed E-state index contributed by atoms with van der Waals surface area (Å²) in [5.41, 5.74) is 0.924. The Bertz CT molecular complexity index is 798. The zero-order valence-corrected chi connectivity index (χ0v) is 15.0. The Hall–Kier alpha value is -3.09. The van der Waals surface area contributed by atoms with Crippen molar-refractivity contribution in [2.45, 2.75) is 32.9 Å². The lowest BCUT2D eigenvalue weighted by Gasteiger charge is -2.22. The Kier molecular flexibility index (Phi) is 6.16. The summed E-state index contributed by atoms with van der Waals surface area (Å²) in [5, 5.41) is 11.9. The highest BCUT2D eigenvalue weighted by Crippen LogP contribution is 2.20. The fraction of sp³-hybridized carbons (Fsp3) is 0.316. The molecule has 2 amide bonds. The van der Waals surface area contributed by atoms with Crippen LogP contribution >= 0.6 is 0 Å². The van der Waals surface area contributed by atoms with Crippen molar-refractivity contribution in [2.24, 2.45) is 0 Å². The second-order valence-corrected chi connectivity index (χ2v) is 6.11. The minimum Gasteiger partial charge on any atom is -0.478 e. The minimum absolute atomic E-state index is 0.0845. The predicted molar refractivity (Wildman–Crippen MR) is 94.5 cm³/mol. The molecule has 1 heterocycles. The smallest absolute Gasteiger partial charge is 0.339 e. The molecule has 1 aromatic heterocycles. The van der Waals surface area contributed by atoms with Crippen molar-refractivity contribution in [3.05, 3.63) is 59.0 Å². The maximum absolute atomic E-state index is 12.6. The van der Waals surface area contributed by atoms with Crippen molar-refractivity contribution < 1.29 is 23.9 Å². The third-order valence-electron chi connectivity index (χ3n) is 3.98. The van der Waals surface area contributed by atoms with Gasteiger partial charge in [-0.3, -0.25) is 9.59 Å². The Morgan fingerprint density at radius 1 is 1.23 bits per heavy atom. The van der Waals surface area contributed by atoms with Gasteiger partial charge in [-0.15, -0.1) is 0 Å². The molecule has 0 aliphatic heterocycles. The van der Waals surface area contributed by atoms with Gasteiger partial charge in [0.1, 0.15) is 17.1 Å². The van der Waals surface area contributed by atoms with Gasteiger partial charge in [0.05, 0.1) is 19.0 Å². The summed E-state index contributed by atoms with van der Waals surface area (Å²) < 4.78 is 5.41. The molecule has 1 aromatic carbocycles. The second-order valence-electron chi connectivity index (χ2n) is 6.11. The molecule has 7 heteroatoms. The zero-order chi connectivity index (χ0) is 19.3. The molecule has 0 aliphatic rings. The molecule has 1 atom stereocenters. The summed E-state index contributed by atoms with van der Waals surface area (Å²) in [5.74, 6) is -0.790. The van der Waals surface area contributed by atoms with Gasteiger partial charge in [0.15, 0.2) is 0 Å². The molecule has 0 fully saturated rings. The first-order valence-corrected chi connectivity index (χ1v) is 8.16. The van der Waals surface area contributed by atoms with E-state index in [2.05, 4.69) is 5.32 Å². The summed E-state index contributed by atoms with van der Waals surface area (Å²) in [6.45, 7) is 3.12. The highest BCUT2D eigenvalue weighted by Gasteiger charge is 2.21. The topological polar surface area (TPSA) is 99.9 Å². The third-order valence-corrected chi connectivity index (χ3v) is 3.98. The molecule has 0 saturated carbocycles. The highest BCUT2D eigenvalue weighted by atomic mass is 16.4. The Balaban J connectivity index is 2.07. The van der Waals surface area contributed by atoms with Crippen LogP contribution < -0.4 is 5.32 Å². The van der Waals surface area contributed by atoms with Crippen LogP contribution in [0, 0.1) is 6.92 Å². The molecule has 138 valence electrons. The summed E-state index contributed by atoms with van der Waals surface area (Å²) >= 11 is 0. The van der Waals surface area contributed by atoms with Gasteiger partial charge < -0.3 is 19.7 Å². The number of aromatic carboxylic acids is 1. The van der Waals surface area contributed by atoms with Gasteiger partial charge in [0, 0.05) is 14.0 Å². The van der Waals surface area contributed by atoms with Gasteiger partial charge in [-0.25, -0.2) is 4.79 Å². The molecule has 1 unspecified atom stereocenters. The average molecular weight is 358 g/mol. The number of furan rings is 1. The SMILES string of the molecule is CC(=O)NC(CC(=O)N(C)Cc1cc(C(=O)O)c(C)o1)c1ccccc1. The van der Waals surface area contributed by atoms with E-state index in [4.69, 9.17) is 9.52 Å². The molecule has 26 heavy (non-hydrogen) atoms. The van der Waals surface area contributed by atoms with Crippen molar-refractivity contribution in [1.82, 2.24) is 10.2 Å². The Morgan fingerprint density at radius 2 is 1.88 bits per heavy atom. The van der Waals surface area contributed by atoms with Crippen molar-refractivity contribution in [3.8, 4) is 0 Å². The summed E-state index contributed by atoms with van der Waals surface area (Å²) in [7, 11) is 1.61. The van der Waals surface area contributed by atoms with E-state index in [0.29, 0.717) is 11.5 Å². The van der Waals surface area contributed by atoms with Crippen LogP contribution in [-0.4, -0.2) is 34.8 Å². The predicted octanol–water partition coefficient (Wildman–Crippen LogP) is 2.51. The number of nitrogens with one attached hydrogen (secondary N) is 1. The van der Waals surface area contributed by atoms with Crippen molar-refractivity contribution in [3.63, 3.8) is 0 Å². The van der Waals surface area contributed by atoms with E-state index in [-0.39, 0.29) is 30.3 Å². The van der Waals surface area contributed by atoms with Crippen molar-refractivity contribution in [1.29, 1.82) is 0 Å². The molecule has 0 spiro atoms. The number of carbonyl (C=O) groups excluding carboxylic acids is 2. The number of amides is 2. The van der Waals surface area contributed by atoms with E-state index in [1.165, 1.54) is 17.9 Å². The number of rotatable bonds is 7. The van der Waals surface area contributed by atoms with E-state index in [1.807, 2.05) is 30.3 Å². The van der Waals surface area contributed by atoms with Crippen LogP contribution in [0.2, 0.25) is 0 Å². The molecular weight excluding hydrogens is 336 g/mol. The first kappa shape index (κ1) is 19.2. The van der Waals surface area contributed by atoms with Crippen LogP contribution in [0.3, 0.4) is 0 Å². The van der Waals surface area contributed by atoms with Gasteiger partial charge in [-0.05, 0) is 18.6 Å². The van der Waals surface area contributed by atoms with E-state index in [0.717, 1.165) is 5.56 Å². The van der Waals surface area contributed by atoms with Crippen LogP contribution in [0.4, 0.5) is 0 Å². The van der Waals surface area contributed by atoms with Gasteiger partial charge in [-0.2, -0.15) is 0 Å². The number of benzene rings is 1. The lowest BCUT2D eigenvalue weighted by atomic mass is 10.0. The number of carboxylic acid groups (broad SMARTS) is 1. The fourth-order valence-corrected chi connectivity index (χ4v) is 2.67. The van der Waals surface area contributed by atoms with E-state index >= 15 is 0 Å². The zero-order valence-electron chi connectivity index (χ0n) is 15.0. The van der Waals surface area contributed by atoms with Gasteiger partial charge in [-0.1, -0.05) is 30.3 Å². The van der Waals surface area contributed by atoms with Crippen LogP contribution in [0.5, 0.6) is 0 Å². The van der Waals surface area contributed by atoms with Crippen LogP contribution in [0.25, 0.3) is 0 Å². The number of aryl methyl sites for hydroxylation is 1. The van der Waals surface area contributed by atoms with Crippen LogP contribution in [-0.2, 0) is 16.1 Å². The lowest BCUT2D eigenvalue weighted by molar-refractivity contribution is -0.131. The molecule has 2 aromatic rings. The summed E-state index contributed by atoms with van der Waals surface area (Å²) in [6.07, 6.45) is 0.0889. The molecule has 0 aliphatic carbocycles. The summed E-state index contributed by atoms with van der Waals surface area (Å²) in [4.78, 5) is 36.5.